The van der Waals surface area contributed by atoms with Gasteiger partial charge in [-0.25, -0.2) is 9.13 Å². The summed E-state index contributed by atoms with van der Waals surface area (Å²) < 4.78 is 68.7. The lowest BCUT2D eigenvalue weighted by Gasteiger charge is -2.21. The number of carbonyl (C=O) groups is 4. The van der Waals surface area contributed by atoms with Crippen LogP contribution in [0.3, 0.4) is 0 Å². The van der Waals surface area contributed by atoms with Crippen LogP contribution in [0, 0.1) is 11.8 Å². The molecule has 0 bridgehead atoms. The maximum atomic E-state index is 13.1. The summed E-state index contributed by atoms with van der Waals surface area (Å²) in [5, 5.41) is 10.6. The summed E-state index contributed by atoms with van der Waals surface area (Å²) in [4.78, 5) is 73.0. The molecule has 0 fully saturated rings. The van der Waals surface area contributed by atoms with E-state index in [1.165, 1.54) is 205 Å². The van der Waals surface area contributed by atoms with E-state index >= 15 is 0 Å². The zero-order valence-electron chi connectivity index (χ0n) is 65.0. The molecule has 19 heteroatoms. The fourth-order valence-electron chi connectivity index (χ4n) is 12.0. The average Bonchev–Trinajstić information content (AvgIpc) is 1.01. The number of carbonyl (C=O) groups excluding carboxylic acids is 4. The molecule has 3 N–H and O–H groups in total. The minimum Gasteiger partial charge on any atom is -0.462 e. The second-order valence-electron chi connectivity index (χ2n) is 29.4. The summed E-state index contributed by atoms with van der Waals surface area (Å²) >= 11 is 0. The molecular weight excluding hydrogens is 1310 g/mol. The van der Waals surface area contributed by atoms with Crippen molar-refractivity contribution in [1.29, 1.82) is 0 Å². The van der Waals surface area contributed by atoms with E-state index in [0.717, 1.165) is 115 Å². The quantitative estimate of drug-likeness (QED) is 0.0169. The van der Waals surface area contributed by atoms with Gasteiger partial charge in [0, 0.05) is 25.7 Å². The van der Waals surface area contributed by atoms with Crippen molar-refractivity contribution in [3.63, 3.8) is 0 Å². The number of aliphatic hydroxyl groups is 1. The Morgan fingerprint density at radius 2 is 0.540 bits per heavy atom. The van der Waals surface area contributed by atoms with E-state index in [-0.39, 0.29) is 25.7 Å². The number of hydrogen-bond acceptors (Lipinski definition) is 15. The Labute approximate surface area is 612 Å². The highest BCUT2D eigenvalue weighted by atomic mass is 31.2. The van der Waals surface area contributed by atoms with Crippen LogP contribution in [0.1, 0.15) is 401 Å². The van der Waals surface area contributed by atoms with Crippen molar-refractivity contribution in [2.45, 2.75) is 419 Å². The maximum Gasteiger partial charge on any atom is 0.472 e. The monoisotopic (exact) mass is 1460 g/mol. The van der Waals surface area contributed by atoms with Crippen molar-refractivity contribution >= 4 is 39.5 Å². The van der Waals surface area contributed by atoms with E-state index < -0.39 is 97.5 Å². The molecule has 0 aliphatic heterocycles. The lowest BCUT2D eigenvalue weighted by Crippen LogP contribution is -2.30. The Morgan fingerprint density at radius 3 is 0.820 bits per heavy atom. The SMILES string of the molecule is CCCCCC/C=C\C=C/CCCCCCCC(=O)O[C@H](COC(=O)CCCCCCCCCCCCCC)COP(=O)(O)OC[C@H](O)COP(=O)(O)OC[C@@H](COC(=O)CCCCCCCCCCCCCCCC(C)C)OC(=O)CCCCCCCCCCCCCCCCC(C)C. The summed E-state index contributed by atoms with van der Waals surface area (Å²) in [6, 6.07) is 0. The number of unbranched alkanes of at least 4 members (excludes halogenated alkanes) is 45. The van der Waals surface area contributed by atoms with Gasteiger partial charge in [-0.2, -0.15) is 0 Å². The van der Waals surface area contributed by atoms with Gasteiger partial charge in [0.2, 0.25) is 0 Å². The van der Waals surface area contributed by atoms with Crippen LogP contribution in [-0.4, -0.2) is 96.7 Å². The molecule has 0 saturated carbocycles. The molecule has 0 radical (unpaired) electrons. The number of allylic oxidation sites excluding steroid dienone is 4. The molecule has 0 amide bonds. The smallest absolute Gasteiger partial charge is 0.462 e. The molecule has 0 heterocycles. The highest BCUT2D eigenvalue weighted by Gasteiger charge is 2.30. The molecule has 0 aromatic heterocycles. The Morgan fingerprint density at radius 1 is 0.310 bits per heavy atom. The van der Waals surface area contributed by atoms with E-state index in [0.29, 0.717) is 25.7 Å². The third kappa shape index (κ3) is 73.8. The molecule has 0 aliphatic carbocycles. The van der Waals surface area contributed by atoms with Gasteiger partial charge in [0.05, 0.1) is 26.4 Å². The van der Waals surface area contributed by atoms with Gasteiger partial charge >= 0.3 is 39.5 Å². The van der Waals surface area contributed by atoms with Crippen molar-refractivity contribution in [3.05, 3.63) is 24.3 Å². The largest absolute Gasteiger partial charge is 0.472 e. The highest BCUT2D eigenvalue weighted by molar-refractivity contribution is 7.47. The molecule has 0 aromatic carbocycles. The van der Waals surface area contributed by atoms with E-state index in [2.05, 4.69) is 65.8 Å². The predicted molar refractivity (Wildman–Crippen MR) is 409 cm³/mol. The normalized spacial score (nSPS) is 14.1. The third-order valence-corrected chi connectivity index (χ3v) is 20.2. The Balaban J connectivity index is 5.30. The molecular formula is C81H154O17P2. The maximum absolute atomic E-state index is 13.1. The second-order valence-corrected chi connectivity index (χ2v) is 32.3. The Hall–Kier alpha value is -2.46. The van der Waals surface area contributed by atoms with E-state index in [1.54, 1.807) is 0 Å². The van der Waals surface area contributed by atoms with Crippen LogP contribution in [-0.2, 0) is 65.4 Å². The lowest BCUT2D eigenvalue weighted by molar-refractivity contribution is -0.161. The number of rotatable bonds is 78. The van der Waals surface area contributed by atoms with Gasteiger partial charge in [-0.05, 0) is 63.2 Å². The number of ether oxygens (including phenoxy) is 4. The Bertz CT molecular complexity index is 2020. The molecule has 2 unspecified atom stereocenters. The van der Waals surface area contributed by atoms with Gasteiger partial charge < -0.3 is 33.8 Å². The van der Waals surface area contributed by atoms with Gasteiger partial charge in [0.15, 0.2) is 12.2 Å². The van der Waals surface area contributed by atoms with Crippen LogP contribution < -0.4 is 0 Å². The fraction of sp³-hybridized carbons (Fsp3) is 0.901. The van der Waals surface area contributed by atoms with Crippen LogP contribution in [0.5, 0.6) is 0 Å². The third-order valence-electron chi connectivity index (χ3n) is 18.3. The molecule has 0 saturated heterocycles. The predicted octanol–water partition coefficient (Wildman–Crippen LogP) is 23.8. The zero-order chi connectivity index (χ0) is 73.5. The van der Waals surface area contributed by atoms with Crippen molar-refractivity contribution in [1.82, 2.24) is 0 Å². The zero-order valence-corrected chi connectivity index (χ0v) is 66.8. The average molecular weight is 1460 g/mol. The first-order valence-electron chi connectivity index (χ1n) is 41.3. The lowest BCUT2D eigenvalue weighted by atomic mass is 10.0. The molecule has 0 aromatic rings. The summed E-state index contributed by atoms with van der Waals surface area (Å²) in [5.41, 5.74) is 0. The van der Waals surface area contributed by atoms with Crippen molar-refractivity contribution in [2.24, 2.45) is 11.8 Å². The molecule has 17 nitrogen and oxygen atoms in total. The highest BCUT2D eigenvalue weighted by Crippen LogP contribution is 2.45. The van der Waals surface area contributed by atoms with Gasteiger partial charge in [0.25, 0.3) is 0 Å². The van der Waals surface area contributed by atoms with Gasteiger partial charge in [0.1, 0.15) is 19.3 Å². The van der Waals surface area contributed by atoms with Crippen molar-refractivity contribution in [2.75, 3.05) is 39.6 Å². The summed E-state index contributed by atoms with van der Waals surface area (Å²) in [5.74, 6) is -0.554. The van der Waals surface area contributed by atoms with Crippen molar-refractivity contribution < 1.29 is 80.2 Å². The summed E-state index contributed by atoms with van der Waals surface area (Å²) in [6.07, 6.45) is 64.5. The molecule has 0 aliphatic rings. The summed E-state index contributed by atoms with van der Waals surface area (Å²) in [6.45, 7) is 9.61. The van der Waals surface area contributed by atoms with Crippen LogP contribution >= 0.6 is 15.6 Å². The molecule has 0 spiro atoms. The van der Waals surface area contributed by atoms with Gasteiger partial charge in [-0.3, -0.25) is 37.3 Å². The molecule has 100 heavy (non-hydrogen) atoms. The fourth-order valence-corrected chi connectivity index (χ4v) is 13.6. The van der Waals surface area contributed by atoms with Crippen LogP contribution in [0.15, 0.2) is 24.3 Å². The van der Waals surface area contributed by atoms with E-state index in [9.17, 15) is 43.2 Å². The van der Waals surface area contributed by atoms with Gasteiger partial charge in [-0.15, -0.1) is 0 Å². The Kier molecular flexibility index (Phi) is 70.3. The number of hydrogen-bond donors (Lipinski definition) is 3. The number of phosphoric acid groups is 2. The number of esters is 4. The molecule has 0 rings (SSSR count). The van der Waals surface area contributed by atoms with Gasteiger partial charge in [-0.1, -0.05) is 348 Å². The van der Waals surface area contributed by atoms with E-state index in [4.69, 9.17) is 37.0 Å². The number of phosphoric ester groups is 2. The molecule has 590 valence electrons. The standard InChI is InChI=1S/C81H154O17P2/c1-7-9-11-13-15-17-19-21-22-28-35-41-47-53-59-65-80(85)97-76(69-91-78(83)63-57-51-45-39-33-20-18-16-14-12-10-8-2)71-95-99(87,88)93-67-75(82)68-94-100(89,90)96-72-77(70-92-79(84)64-58-52-46-40-34-30-25-27-32-38-44-50-56-62-74(5)6)98-81(86)66-60-54-48-42-36-29-24-23-26-31-37-43-49-55-61-73(3)4/h17,19,21-22,73-77,82H,7-16,18,20,23-72H2,1-6H3,(H,87,88)(H,89,90)/b19-17-,22-21-/t75-,76+,77+/m0/s1. The minimum absolute atomic E-state index is 0.0855. The minimum atomic E-state index is -4.97. The van der Waals surface area contributed by atoms with Crippen LogP contribution in [0.25, 0.3) is 0 Å². The van der Waals surface area contributed by atoms with Crippen molar-refractivity contribution in [3.8, 4) is 0 Å². The van der Waals surface area contributed by atoms with Crippen LogP contribution in [0.4, 0.5) is 0 Å². The topological polar surface area (TPSA) is 237 Å². The second kappa shape index (κ2) is 72.1. The first-order chi connectivity index (χ1) is 48.4. The molecule has 5 atom stereocenters. The first kappa shape index (κ1) is 97.5. The van der Waals surface area contributed by atoms with E-state index in [1.807, 2.05) is 0 Å². The number of aliphatic hydroxyl groups excluding tert-OH is 1. The van der Waals surface area contributed by atoms with Crippen LogP contribution in [0.2, 0.25) is 0 Å². The summed E-state index contributed by atoms with van der Waals surface area (Å²) in [7, 11) is -9.93. The first-order valence-corrected chi connectivity index (χ1v) is 44.3.